The van der Waals surface area contributed by atoms with E-state index in [4.69, 9.17) is 0 Å². The Balaban J connectivity index is 1.40. The molecular formula is C30H26FN3O3. The minimum absolute atomic E-state index is 0.173. The molecule has 7 rings (SSSR count). The van der Waals surface area contributed by atoms with Crippen LogP contribution in [0, 0.1) is 17.7 Å². The van der Waals surface area contributed by atoms with Gasteiger partial charge in [-0.15, -0.1) is 0 Å². The SMILES string of the molecule is O=C1[C@@H]2[C@@H](C(=O)N1c1ccccc1)[C@]1(C(=O)N(Cc3ccc(F)cc3)c3ccccc31)N1CCCC[C@@H]21. The molecule has 0 N–H and O–H groups in total. The molecule has 4 aliphatic heterocycles. The number of amides is 3. The average Bonchev–Trinajstić information content (AvgIpc) is 3.47. The number of anilines is 2. The van der Waals surface area contributed by atoms with Crippen molar-refractivity contribution in [3.05, 3.63) is 95.8 Å². The molecule has 4 atom stereocenters. The van der Waals surface area contributed by atoms with E-state index in [1.165, 1.54) is 17.0 Å². The maximum Gasteiger partial charge on any atom is 0.253 e. The summed E-state index contributed by atoms with van der Waals surface area (Å²) in [5.74, 6) is -2.39. The summed E-state index contributed by atoms with van der Waals surface area (Å²) in [6, 6.07) is 22.6. The maximum atomic E-state index is 14.7. The van der Waals surface area contributed by atoms with Crippen LogP contribution in [0.5, 0.6) is 0 Å². The van der Waals surface area contributed by atoms with E-state index in [-0.39, 0.29) is 36.1 Å². The third kappa shape index (κ3) is 2.92. The van der Waals surface area contributed by atoms with Gasteiger partial charge in [-0.3, -0.25) is 19.3 Å². The molecule has 0 aromatic heterocycles. The first-order chi connectivity index (χ1) is 18.0. The Bertz CT molecular complexity index is 1430. The van der Waals surface area contributed by atoms with Crippen molar-refractivity contribution in [2.24, 2.45) is 11.8 Å². The normalized spacial score (nSPS) is 28.7. The minimum Gasteiger partial charge on any atom is -0.306 e. The van der Waals surface area contributed by atoms with Gasteiger partial charge >= 0.3 is 0 Å². The molecule has 0 saturated carbocycles. The van der Waals surface area contributed by atoms with Crippen LogP contribution in [-0.4, -0.2) is 35.2 Å². The lowest BCUT2D eigenvalue weighted by Gasteiger charge is -2.42. The van der Waals surface area contributed by atoms with E-state index in [0.717, 1.165) is 36.1 Å². The smallest absolute Gasteiger partial charge is 0.253 e. The summed E-state index contributed by atoms with van der Waals surface area (Å²) in [5.41, 5.74) is 1.65. The molecule has 0 radical (unpaired) electrons. The van der Waals surface area contributed by atoms with Crippen LogP contribution in [0.15, 0.2) is 78.9 Å². The van der Waals surface area contributed by atoms with Crippen molar-refractivity contribution in [3.63, 3.8) is 0 Å². The molecule has 4 aliphatic rings. The van der Waals surface area contributed by atoms with E-state index in [1.54, 1.807) is 29.2 Å². The summed E-state index contributed by atoms with van der Waals surface area (Å²) in [7, 11) is 0. The highest BCUT2D eigenvalue weighted by atomic mass is 19.1. The molecule has 0 unspecified atom stereocenters. The summed E-state index contributed by atoms with van der Waals surface area (Å²) in [6.45, 7) is 0.923. The predicted molar refractivity (Wildman–Crippen MR) is 136 cm³/mol. The molecule has 0 aliphatic carbocycles. The lowest BCUT2D eigenvalue weighted by Crippen LogP contribution is -2.58. The fourth-order valence-corrected chi connectivity index (χ4v) is 7.27. The van der Waals surface area contributed by atoms with Crippen LogP contribution in [0.25, 0.3) is 0 Å². The van der Waals surface area contributed by atoms with Crippen molar-refractivity contribution in [1.82, 2.24) is 4.90 Å². The topological polar surface area (TPSA) is 60.9 Å². The van der Waals surface area contributed by atoms with Gasteiger partial charge in [0.15, 0.2) is 0 Å². The molecular weight excluding hydrogens is 469 g/mol. The number of carbonyl (C=O) groups is 3. The van der Waals surface area contributed by atoms with Crippen molar-refractivity contribution in [2.75, 3.05) is 16.3 Å². The summed E-state index contributed by atoms with van der Waals surface area (Å²) < 4.78 is 13.6. The summed E-state index contributed by atoms with van der Waals surface area (Å²) in [4.78, 5) is 48.0. The van der Waals surface area contributed by atoms with Gasteiger partial charge in [-0.05, 0) is 55.3 Å². The number of nitrogens with zero attached hydrogens (tertiary/aromatic N) is 3. The van der Waals surface area contributed by atoms with Crippen LogP contribution < -0.4 is 9.80 Å². The van der Waals surface area contributed by atoms with Gasteiger partial charge in [-0.2, -0.15) is 0 Å². The first-order valence-electron chi connectivity index (χ1n) is 12.9. The number of hydrogen-bond acceptors (Lipinski definition) is 4. The highest BCUT2D eigenvalue weighted by molar-refractivity contribution is 6.26. The number of fused-ring (bicyclic) bond motifs is 7. The van der Waals surface area contributed by atoms with Gasteiger partial charge in [0.1, 0.15) is 11.4 Å². The molecule has 4 heterocycles. The Kier molecular flexibility index (Phi) is 4.88. The van der Waals surface area contributed by atoms with Gasteiger partial charge in [0, 0.05) is 17.3 Å². The number of hydrogen-bond donors (Lipinski definition) is 0. The molecule has 3 aromatic carbocycles. The fraction of sp³-hybridized carbons (Fsp3) is 0.300. The van der Waals surface area contributed by atoms with E-state index in [0.29, 0.717) is 12.2 Å². The Hall–Kier alpha value is -3.84. The monoisotopic (exact) mass is 495 g/mol. The Morgan fingerprint density at radius 3 is 2.35 bits per heavy atom. The number of carbonyl (C=O) groups excluding carboxylic acids is 3. The highest BCUT2D eigenvalue weighted by Gasteiger charge is 2.75. The first kappa shape index (κ1) is 22.4. The predicted octanol–water partition coefficient (Wildman–Crippen LogP) is 4.24. The maximum absolute atomic E-state index is 14.7. The van der Waals surface area contributed by atoms with Crippen molar-refractivity contribution in [3.8, 4) is 0 Å². The van der Waals surface area contributed by atoms with Crippen LogP contribution in [-0.2, 0) is 26.5 Å². The highest BCUT2D eigenvalue weighted by Crippen LogP contribution is 2.61. The molecule has 6 nitrogen and oxygen atoms in total. The van der Waals surface area contributed by atoms with Gasteiger partial charge < -0.3 is 4.90 Å². The Morgan fingerprint density at radius 2 is 1.57 bits per heavy atom. The molecule has 186 valence electrons. The first-order valence-corrected chi connectivity index (χ1v) is 12.9. The number of rotatable bonds is 3. The standard InChI is InChI=1S/C30H26FN3O3/c31-20-15-13-19(14-16-20)18-32-23-11-5-4-10-22(23)30(29(32)37)26-25(24-12-6-7-17-33(24)30)27(35)34(28(26)36)21-8-2-1-3-9-21/h1-5,8-11,13-16,24-26H,6-7,12,17-18H2/t24-,25-,26-,30+/m0/s1. The largest absolute Gasteiger partial charge is 0.306 e. The van der Waals surface area contributed by atoms with Gasteiger partial charge in [-0.1, -0.05) is 55.0 Å². The quantitative estimate of drug-likeness (QED) is 0.510. The number of halogens is 1. The summed E-state index contributed by atoms with van der Waals surface area (Å²) in [5, 5.41) is 0. The molecule has 3 fully saturated rings. The Morgan fingerprint density at radius 1 is 0.838 bits per heavy atom. The number of para-hydroxylation sites is 2. The Labute approximate surface area is 214 Å². The zero-order valence-corrected chi connectivity index (χ0v) is 20.2. The van der Waals surface area contributed by atoms with E-state index in [1.807, 2.05) is 42.5 Å². The minimum atomic E-state index is -1.23. The summed E-state index contributed by atoms with van der Waals surface area (Å²) >= 11 is 0. The number of benzene rings is 3. The molecule has 7 heteroatoms. The van der Waals surface area contributed by atoms with Crippen LogP contribution in [0.2, 0.25) is 0 Å². The van der Waals surface area contributed by atoms with E-state index >= 15 is 0 Å². The molecule has 0 bridgehead atoms. The second-order valence-corrected chi connectivity index (χ2v) is 10.4. The molecule has 1 spiro atoms. The van der Waals surface area contributed by atoms with Crippen molar-refractivity contribution < 1.29 is 18.8 Å². The second kappa shape index (κ2) is 8.08. The molecule has 37 heavy (non-hydrogen) atoms. The van der Waals surface area contributed by atoms with Gasteiger partial charge in [0.2, 0.25) is 11.8 Å². The second-order valence-electron chi connectivity index (χ2n) is 10.4. The average molecular weight is 496 g/mol. The third-order valence-electron chi connectivity index (χ3n) is 8.66. The van der Waals surface area contributed by atoms with Crippen LogP contribution in [0.3, 0.4) is 0 Å². The van der Waals surface area contributed by atoms with E-state index < -0.39 is 17.4 Å². The third-order valence-corrected chi connectivity index (χ3v) is 8.66. The summed E-state index contributed by atoms with van der Waals surface area (Å²) in [6.07, 6.45) is 2.65. The van der Waals surface area contributed by atoms with Crippen LogP contribution in [0.1, 0.15) is 30.4 Å². The number of imide groups is 1. The van der Waals surface area contributed by atoms with Crippen LogP contribution >= 0.6 is 0 Å². The van der Waals surface area contributed by atoms with Gasteiger partial charge in [0.25, 0.3) is 5.91 Å². The fourth-order valence-electron chi connectivity index (χ4n) is 7.27. The zero-order chi connectivity index (χ0) is 25.3. The number of piperidine rings is 1. The van der Waals surface area contributed by atoms with Gasteiger partial charge in [-0.25, -0.2) is 9.29 Å². The molecule has 3 aromatic rings. The van der Waals surface area contributed by atoms with Crippen molar-refractivity contribution in [1.29, 1.82) is 0 Å². The van der Waals surface area contributed by atoms with Crippen LogP contribution in [0.4, 0.5) is 15.8 Å². The molecule has 3 saturated heterocycles. The lowest BCUT2D eigenvalue weighted by atomic mass is 9.76. The van der Waals surface area contributed by atoms with E-state index in [2.05, 4.69) is 4.90 Å². The zero-order valence-electron chi connectivity index (χ0n) is 20.2. The van der Waals surface area contributed by atoms with Crippen molar-refractivity contribution >= 4 is 29.1 Å². The molecule has 3 amide bonds. The lowest BCUT2D eigenvalue weighted by molar-refractivity contribution is -0.138. The van der Waals surface area contributed by atoms with E-state index in [9.17, 15) is 18.8 Å². The van der Waals surface area contributed by atoms with Gasteiger partial charge in [0.05, 0.1) is 24.1 Å². The van der Waals surface area contributed by atoms with Crippen molar-refractivity contribution in [2.45, 2.75) is 37.4 Å².